The van der Waals surface area contributed by atoms with E-state index in [1.807, 2.05) is 13.0 Å². The Kier molecular flexibility index (Phi) is 5.61. The molecule has 2 N–H and O–H groups in total. The first-order valence-corrected chi connectivity index (χ1v) is 7.30. The van der Waals surface area contributed by atoms with Gasteiger partial charge in [-0.1, -0.05) is 11.6 Å². The van der Waals surface area contributed by atoms with E-state index in [1.54, 1.807) is 12.1 Å². The standard InChI is InChI=1S/C16H17ClN2O3/c1-11-9-12(4-5-13(11)17)22-8-2-3-16(21)19-14-10-18-7-6-15(14)20/h4-7,9-10H,2-3,8H2,1H3,(H,18,20)(H,19,21). The summed E-state index contributed by atoms with van der Waals surface area (Å²) in [5, 5.41) is 3.26. The van der Waals surface area contributed by atoms with Crippen LogP contribution in [0.25, 0.3) is 0 Å². The van der Waals surface area contributed by atoms with Gasteiger partial charge in [-0.05, 0) is 37.1 Å². The maximum Gasteiger partial charge on any atom is 0.224 e. The Morgan fingerprint density at radius 3 is 2.91 bits per heavy atom. The molecule has 0 bridgehead atoms. The fourth-order valence-corrected chi connectivity index (χ4v) is 1.97. The third-order valence-electron chi connectivity index (χ3n) is 3.04. The fourth-order valence-electron chi connectivity index (χ4n) is 1.86. The molecule has 1 amide bonds. The van der Waals surface area contributed by atoms with Crippen LogP contribution in [0.4, 0.5) is 5.69 Å². The summed E-state index contributed by atoms with van der Waals surface area (Å²) in [6.45, 7) is 2.32. The molecule has 1 heterocycles. The molecule has 5 nitrogen and oxygen atoms in total. The van der Waals surface area contributed by atoms with Crippen LogP contribution in [-0.4, -0.2) is 17.5 Å². The normalized spacial score (nSPS) is 10.3. The van der Waals surface area contributed by atoms with Gasteiger partial charge >= 0.3 is 0 Å². The number of aromatic amines is 1. The maximum absolute atomic E-state index is 11.7. The predicted octanol–water partition coefficient (Wildman–Crippen LogP) is 3.13. The molecule has 22 heavy (non-hydrogen) atoms. The summed E-state index contributed by atoms with van der Waals surface area (Å²) in [4.78, 5) is 26.0. The molecule has 0 unspecified atom stereocenters. The Morgan fingerprint density at radius 1 is 1.36 bits per heavy atom. The first-order valence-electron chi connectivity index (χ1n) is 6.92. The minimum atomic E-state index is -0.222. The minimum absolute atomic E-state index is 0.215. The quantitative estimate of drug-likeness (QED) is 0.803. The smallest absolute Gasteiger partial charge is 0.224 e. The van der Waals surface area contributed by atoms with Gasteiger partial charge in [0.05, 0.1) is 6.61 Å². The van der Waals surface area contributed by atoms with Crippen molar-refractivity contribution in [1.82, 2.24) is 4.98 Å². The number of hydrogen-bond donors (Lipinski definition) is 2. The van der Waals surface area contributed by atoms with Crippen LogP contribution >= 0.6 is 11.6 Å². The lowest BCUT2D eigenvalue weighted by Gasteiger charge is -2.08. The van der Waals surface area contributed by atoms with Crippen LogP contribution in [0.2, 0.25) is 5.02 Å². The van der Waals surface area contributed by atoms with Crippen molar-refractivity contribution >= 4 is 23.2 Å². The number of aromatic nitrogens is 1. The van der Waals surface area contributed by atoms with Crippen molar-refractivity contribution < 1.29 is 9.53 Å². The molecule has 0 atom stereocenters. The number of benzene rings is 1. The summed E-state index contributed by atoms with van der Waals surface area (Å²) in [7, 11) is 0. The van der Waals surface area contributed by atoms with Gasteiger partial charge in [0.25, 0.3) is 0 Å². The second-order valence-corrected chi connectivity index (χ2v) is 5.24. The van der Waals surface area contributed by atoms with E-state index in [-0.39, 0.29) is 23.4 Å². The Balaban J connectivity index is 1.74. The van der Waals surface area contributed by atoms with E-state index in [0.717, 1.165) is 11.3 Å². The summed E-state index contributed by atoms with van der Waals surface area (Å²) >= 11 is 5.94. The number of aryl methyl sites for hydroxylation is 1. The van der Waals surface area contributed by atoms with Gasteiger partial charge in [0.15, 0.2) is 0 Å². The van der Waals surface area contributed by atoms with E-state index in [9.17, 15) is 9.59 Å². The zero-order chi connectivity index (χ0) is 15.9. The molecular weight excluding hydrogens is 304 g/mol. The highest BCUT2D eigenvalue weighted by Gasteiger charge is 2.05. The topological polar surface area (TPSA) is 71.2 Å². The van der Waals surface area contributed by atoms with Gasteiger partial charge in [0, 0.05) is 29.9 Å². The molecule has 0 aliphatic heterocycles. The number of carbonyl (C=O) groups is 1. The van der Waals surface area contributed by atoms with Crippen molar-refractivity contribution in [2.75, 3.05) is 11.9 Å². The Morgan fingerprint density at radius 2 is 2.18 bits per heavy atom. The predicted molar refractivity (Wildman–Crippen MR) is 86.6 cm³/mol. The SMILES string of the molecule is Cc1cc(OCCCC(=O)Nc2c[nH]ccc2=O)ccc1Cl. The molecular formula is C16H17ClN2O3. The number of anilines is 1. The number of pyridine rings is 1. The first-order chi connectivity index (χ1) is 10.6. The highest BCUT2D eigenvalue weighted by atomic mass is 35.5. The van der Waals surface area contributed by atoms with Gasteiger partial charge in [-0.3, -0.25) is 9.59 Å². The summed E-state index contributed by atoms with van der Waals surface area (Å²) in [6, 6.07) is 6.78. The monoisotopic (exact) mass is 320 g/mol. The highest BCUT2D eigenvalue weighted by Crippen LogP contribution is 2.21. The van der Waals surface area contributed by atoms with Gasteiger partial charge < -0.3 is 15.0 Å². The summed E-state index contributed by atoms with van der Waals surface area (Å²) in [5.41, 5.74) is 0.974. The molecule has 0 spiro atoms. The summed E-state index contributed by atoms with van der Waals surface area (Å²) in [6.07, 6.45) is 3.81. The largest absolute Gasteiger partial charge is 0.494 e. The number of hydrogen-bond acceptors (Lipinski definition) is 3. The van der Waals surface area contributed by atoms with Crippen LogP contribution in [0.5, 0.6) is 5.75 Å². The van der Waals surface area contributed by atoms with Crippen LogP contribution < -0.4 is 15.5 Å². The van der Waals surface area contributed by atoms with Gasteiger partial charge in [0.2, 0.25) is 11.3 Å². The molecule has 1 aromatic heterocycles. The van der Waals surface area contributed by atoms with Gasteiger partial charge in [-0.2, -0.15) is 0 Å². The average Bonchev–Trinajstić information content (AvgIpc) is 2.49. The third kappa shape index (κ3) is 4.63. The van der Waals surface area contributed by atoms with E-state index in [4.69, 9.17) is 16.3 Å². The number of ether oxygens (including phenoxy) is 1. The van der Waals surface area contributed by atoms with Gasteiger partial charge in [0.1, 0.15) is 11.4 Å². The first kappa shape index (κ1) is 16.1. The second-order valence-electron chi connectivity index (χ2n) is 4.83. The molecule has 0 fully saturated rings. The molecule has 1 aromatic carbocycles. The molecule has 0 aliphatic rings. The lowest BCUT2D eigenvalue weighted by atomic mass is 10.2. The van der Waals surface area contributed by atoms with E-state index < -0.39 is 0 Å². The second kappa shape index (κ2) is 7.66. The van der Waals surface area contributed by atoms with Crippen LogP contribution in [-0.2, 0) is 4.79 Å². The van der Waals surface area contributed by atoms with E-state index in [1.165, 1.54) is 18.5 Å². The van der Waals surface area contributed by atoms with Crippen molar-refractivity contribution in [1.29, 1.82) is 0 Å². The van der Waals surface area contributed by atoms with Crippen LogP contribution in [0.1, 0.15) is 18.4 Å². The molecule has 0 saturated carbocycles. The molecule has 2 aromatic rings. The maximum atomic E-state index is 11.7. The molecule has 2 rings (SSSR count). The summed E-state index contributed by atoms with van der Waals surface area (Å²) < 4.78 is 5.56. The molecule has 0 aliphatic carbocycles. The lowest BCUT2D eigenvalue weighted by Crippen LogP contribution is -2.18. The van der Waals surface area contributed by atoms with Crippen LogP contribution in [0.3, 0.4) is 0 Å². The molecule has 0 saturated heterocycles. The van der Waals surface area contributed by atoms with E-state index in [2.05, 4.69) is 10.3 Å². The fraction of sp³-hybridized carbons (Fsp3) is 0.250. The van der Waals surface area contributed by atoms with E-state index >= 15 is 0 Å². The number of rotatable bonds is 6. The number of halogens is 1. The van der Waals surface area contributed by atoms with Gasteiger partial charge in [-0.15, -0.1) is 0 Å². The van der Waals surface area contributed by atoms with Crippen molar-refractivity contribution in [2.24, 2.45) is 0 Å². The molecule has 6 heteroatoms. The minimum Gasteiger partial charge on any atom is -0.494 e. The molecule has 0 radical (unpaired) electrons. The Labute approximate surface area is 133 Å². The van der Waals surface area contributed by atoms with Crippen molar-refractivity contribution in [3.8, 4) is 5.75 Å². The Bertz CT molecular complexity index is 713. The average molecular weight is 321 g/mol. The zero-order valence-corrected chi connectivity index (χ0v) is 12.9. The number of H-pyrrole nitrogens is 1. The summed E-state index contributed by atoms with van der Waals surface area (Å²) in [5.74, 6) is 0.509. The van der Waals surface area contributed by atoms with Crippen molar-refractivity contribution in [2.45, 2.75) is 19.8 Å². The third-order valence-corrected chi connectivity index (χ3v) is 3.47. The number of amides is 1. The molecule has 116 valence electrons. The van der Waals surface area contributed by atoms with Crippen molar-refractivity contribution in [3.05, 3.63) is 57.5 Å². The Hall–Kier alpha value is -2.27. The highest BCUT2D eigenvalue weighted by molar-refractivity contribution is 6.31. The van der Waals surface area contributed by atoms with Crippen LogP contribution in [0.15, 0.2) is 41.5 Å². The number of carbonyl (C=O) groups excluding carboxylic acids is 1. The number of nitrogens with one attached hydrogen (secondary N) is 2. The lowest BCUT2D eigenvalue weighted by molar-refractivity contribution is -0.116. The van der Waals surface area contributed by atoms with Gasteiger partial charge in [-0.25, -0.2) is 0 Å². The van der Waals surface area contributed by atoms with Crippen molar-refractivity contribution in [3.63, 3.8) is 0 Å². The van der Waals surface area contributed by atoms with E-state index in [0.29, 0.717) is 18.1 Å². The van der Waals surface area contributed by atoms with Crippen LogP contribution in [0, 0.1) is 6.92 Å². The zero-order valence-electron chi connectivity index (χ0n) is 12.2.